The lowest BCUT2D eigenvalue weighted by atomic mass is 9.93. The number of carbonyl (C=O) groups excluding carboxylic acids is 2. The van der Waals surface area contributed by atoms with Crippen LogP contribution in [0.1, 0.15) is 53.7 Å². The molecule has 3 atom stereocenters. The smallest absolute Gasteiger partial charge is 0.304 e. The summed E-state index contributed by atoms with van der Waals surface area (Å²) < 4.78 is 0. The first-order chi connectivity index (χ1) is 32.1. The van der Waals surface area contributed by atoms with Gasteiger partial charge in [-0.25, -0.2) is 0 Å². The lowest BCUT2D eigenvalue weighted by Crippen LogP contribution is -2.29. The van der Waals surface area contributed by atoms with E-state index in [0.717, 1.165) is 5.69 Å². The molecule has 0 aromatic heterocycles. The Bertz CT molecular complexity index is 2040. The van der Waals surface area contributed by atoms with Crippen molar-refractivity contribution in [1.82, 2.24) is 10.6 Å². The van der Waals surface area contributed by atoms with Crippen molar-refractivity contribution in [2.24, 2.45) is 5.73 Å². The Morgan fingerprint density at radius 3 is 1.30 bits per heavy atom. The number of nitro benzene ring substituents is 3. The van der Waals surface area contributed by atoms with Gasteiger partial charge in [-0.15, -0.1) is 46.4 Å². The molecule has 0 radical (unpaired) electrons. The topological polar surface area (TPSA) is 301 Å². The Morgan fingerprint density at radius 1 is 0.642 bits per heavy atom. The van der Waals surface area contributed by atoms with Gasteiger partial charge >= 0.3 is 5.97 Å². The van der Waals surface area contributed by atoms with E-state index < -0.39 is 26.7 Å². The number of aliphatic hydroxyl groups is 2. The monoisotopic (exact) mass is 1020 g/mol. The van der Waals surface area contributed by atoms with Crippen LogP contribution in [0.15, 0.2) is 54.6 Å². The number of aliphatic carboxylic acids is 1. The van der Waals surface area contributed by atoms with E-state index in [9.17, 15) is 44.7 Å². The number of hydrogen-bond acceptors (Lipinski definition) is 15. The molecule has 2 aliphatic rings. The Morgan fingerprint density at radius 2 is 1.00 bits per heavy atom. The van der Waals surface area contributed by atoms with Crippen LogP contribution in [-0.4, -0.2) is 144 Å². The number of aliphatic hydroxyl groups excluding tert-OH is 2. The van der Waals surface area contributed by atoms with E-state index in [1.165, 1.54) is 18.2 Å². The van der Waals surface area contributed by atoms with Gasteiger partial charge in [0.25, 0.3) is 17.1 Å². The number of carboxylic acid groups (broad SMARTS) is 1. The summed E-state index contributed by atoms with van der Waals surface area (Å²) >= 11 is 23.1. The van der Waals surface area contributed by atoms with Gasteiger partial charge in [0.2, 0.25) is 11.8 Å². The number of amides is 2. The highest BCUT2D eigenvalue weighted by Crippen LogP contribution is 2.36. The second kappa shape index (κ2) is 28.8. The number of carboxylic acids is 1. The SMILES string of the molecule is NCC(CC(=O)O)c1cc(N(CCCl)CCCl)ccc1[N+](=O)[O-].O=C1CC(c2cc(N(CCCl)CCCl)ccc2[N+](=O)[O-])CN1.O=C1CC(c2cc(N(CCO)CCO)ccc2[N+](=O)[O-])CN1. The molecule has 25 heteroatoms. The first-order valence-electron chi connectivity index (χ1n) is 21.1. The number of nitrogens with one attached hydrogen (secondary N) is 2. The number of halogens is 4. The van der Waals surface area contributed by atoms with Gasteiger partial charge in [-0.1, -0.05) is 0 Å². The van der Waals surface area contributed by atoms with Gasteiger partial charge in [0.05, 0.1) is 34.4 Å². The minimum atomic E-state index is -1.06. The van der Waals surface area contributed by atoms with E-state index in [4.69, 9.17) is 67.5 Å². The summed E-state index contributed by atoms with van der Waals surface area (Å²) in [5.74, 6) is -0.688. The van der Waals surface area contributed by atoms with Gasteiger partial charge < -0.3 is 46.4 Å². The minimum Gasteiger partial charge on any atom is -0.481 e. The Balaban J connectivity index is 0.000000267. The number of carbonyl (C=O) groups is 3. The summed E-state index contributed by atoms with van der Waals surface area (Å²) in [5.41, 5.74) is 9.13. The van der Waals surface area contributed by atoms with Crippen molar-refractivity contribution >= 4 is 98.3 Å². The lowest BCUT2D eigenvalue weighted by molar-refractivity contribution is -0.385. The van der Waals surface area contributed by atoms with Gasteiger partial charge in [-0.05, 0) is 36.4 Å². The van der Waals surface area contributed by atoms with E-state index in [-0.39, 0.29) is 79.7 Å². The van der Waals surface area contributed by atoms with Crippen molar-refractivity contribution in [2.45, 2.75) is 37.0 Å². The van der Waals surface area contributed by atoms with Crippen LogP contribution in [0.3, 0.4) is 0 Å². The Hall–Kier alpha value is -5.29. The number of nitro groups is 3. The fourth-order valence-electron chi connectivity index (χ4n) is 7.64. The van der Waals surface area contributed by atoms with Gasteiger partial charge in [0.1, 0.15) is 0 Å². The highest BCUT2D eigenvalue weighted by molar-refractivity contribution is 6.19. The maximum Gasteiger partial charge on any atom is 0.304 e. The normalized spacial score (nSPS) is 15.5. The third kappa shape index (κ3) is 16.8. The molecule has 2 amide bonds. The van der Waals surface area contributed by atoms with Crippen molar-refractivity contribution < 1.29 is 44.5 Å². The first kappa shape index (κ1) is 56.0. The standard InChI is InChI=1S/C14H19Cl2N3O4.C14H17Cl2N3O3.C14H19N3O5/c15-3-5-18(6-4-16)11-1-2-13(19(22)23)12(8-11)10(9-17)7-14(20)21;15-3-5-18(6-4-16)11-1-2-13(19(21)22)12(8-11)10-7-14(20)17-9-10;18-5-3-16(4-6-19)11-1-2-13(17(21)22)12(8-11)10-7-14(20)15-9-10/h1-2,8,10H,3-7,9,17H2,(H,20,21);1-2,8,10H,3-7,9H2,(H,17,20);1-2,8,10,18-19H,3-7,9H2,(H,15,20). The zero-order valence-corrected chi connectivity index (χ0v) is 39.5. The zero-order valence-electron chi connectivity index (χ0n) is 36.4. The Kier molecular flexibility index (Phi) is 24.1. The molecule has 368 valence electrons. The predicted octanol–water partition coefficient (Wildman–Crippen LogP) is 4.87. The molecule has 3 unspecified atom stereocenters. The molecule has 0 bridgehead atoms. The zero-order chi connectivity index (χ0) is 49.6. The number of rotatable bonds is 24. The highest BCUT2D eigenvalue weighted by atomic mass is 35.5. The molecule has 0 saturated carbocycles. The van der Waals surface area contributed by atoms with Crippen LogP contribution in [0, 0.1) is 30.3 Å². The fourth-order valence-corrected chi connectivity index (χ4v) is 8.45. The average molecular weight is 1020 g/mol. The molecular weight excluding hydrogens is 964 g/mol. The predicted molar refractivity (Wildman–Crippen MR) is 258 cm³/mol. The van der Waals surface area contributed by atoms with Crippen LogP contribution in [-0.2, 0) is 14.4 Å². The van der Waals surface area contributed by atoms with E-state index in [0.29, 0.717) is 104 Å². The first-order valence-corrected chi connectivity index (χ1v) is 23.2. The molecule has 2 fully saturated rings. The molecule has 5 rings (SSSR count). The number of hydrogen-bond donors (Lipinski definition) is 6. The number of anilines is 3. The molecule has 67 heavy (non-hydrogen) atoms. The molecule has 2 aliphatic heterocycles. The summed E-state index contributed by atoms with van der Waals surface area (Å²) in [6.07, 6.45) is 0.228. The molecule has 3 aromatic rings. The number of alkyl halides is 4. The van der Waals surface area contributed by atoms with Crippen LogP contribution in [0.25, 0.3) is 0 Å². The van der Waals surface area contributed by atoms with E-state index in [1.807, 2.05) is 9.80 Å². The highest BCUT2D eigenvalue weighted by Gasteiger charge is 2.31. The van der Waals surface area contributed by atoms with E-state index in [2.05, 4.69) is 10.6 Å². The fraction of sp³-hybridized carbons (Fsp3) is 0.500. The van der Waals surface area contributed by atoms with Crippen molar-refractivity contribution in [3.63, 3.8) is 0 Å². The summed E-state index contributed by atoms with van der Waals surface area (Å²) in [5, 5.41) is 66.2. The molecule has 21 nitrogen and oxygen atoms in total. The van der Waals surface area contributed by atoms with Crippen molar-refractivity contribution in [2.75, 3.05) is 110 Å². The van der Waals surface area contributed by atoms with Gasteiger partial charge in [0, 0.05) is 165 Å². The van der Waals surface area contributed by atoms with E-state index >= 15 is 0 Å². The maximum absolute atomic E-state index is 11.4. The number of benzene rings is 3. The minimum absolute atomic E-state index is 0.00159. The third-order valence-electron chi connectivity index (χ3n) is 10.9. The molecule has 0 aliphatic carbocycles. The van der Waals surface area contributed by atoms with Crippen molar-refractivity contribution in [3.8, 4) is 0 Å². The average Bonchev–Trinajstić information content (AvgIpc) is 3.95. The quantitative estimate of drug-likeness (QED) is 0.0396. The van der Waals surface area contributed by atoms with Gasteiger partial charge in [-0.2, -0.15) is 0 Å². The van der Waals surface area contributed by atoms with Crippen LogP contribution in [0.2, 0.25) is 0 Å². The summed E-state index contributed by atoms with van der Waals surface area (Å²) in [6.45, 7) is 3.53. The molecule has 2 heterocycles. The van der Waals surface area contributed by atoms with Gasteiger partial charge in [0.15, 0.2) is 0 Å². The lowest BCUT2D eigenvalue weighted by Gasteiger charge is -2.24. The summed E-state index contributed by atoms with van der Waals surface area (Å²) in [6, 6.07) is 14.2. The molecule has 7 N–H and O–H groups in total. The maximum atomic E-state index is 11.4. The van der Waals surface area contributed by atoms with Gasteiger partial charge in [-0.3, -0.25) is 44.7 Å². The molecule has 0 spiro atoms. The second-order valence-corrected chi connectivity index (χ2v) is 16.6. The third-order valence-corrected chi connectivity index (χ3v) is 11.5. The second-order valence-electron chi connectivity index (χ2n) is 15.1. The van der Waals surface area contributed by atoms with Crippen LogP contribution in [0.4, 0.5) is 34.1 Å². The van der Waals surface area contributed by atoms with Crippen molar-refractivity contribution in [1.29, 1.82) is 0 Å². The van der Waals surface area contributed by atoms with Crippen LogP contribution in [0.5, 0.6) is 0 Å². The number of nitrogens with two attached hydrogens (primary N) is 1. The molecule has 2 saturated heterocycles. The van der Waals surface area contributed by atoms with Crippen molar-refractivity contribution in [3.05, 3.63) is 102 Å². The number of nitrogens with zero attached hydrogens (tertiary/aromatic N) is 6. The van der Waals surface area contributed by atoms with Crippen LogP contribution < -0.4 is 31.1 Å². The summed E-state index contributed by atoms with van der Waals surface area (Å²) in [4.78, 5) is 71.6. The molecule has 3 aromatic carbocycles. The van der Waals surface area contributed by atoms with E-state index in [1.54, 1.807) is 41.3 Å². The van der Waals surface area contributed by atoms with Crippen LogP contribution >= 0.6 is 46.4 Å². The molecular formula is C42H55Cl4N9O12. The largest absolute Gasteiger partial charge is 0.481 e. The Labute approximate surface area is 406 Å². The summed E-state index contributed by atoms with van der Waals surface area (Å²) in [7, 11) is 0.